The van der Waals surface area contributed by atoms with E-state index in [-0.39, 0.29) is 18.0 Å². The second kappa shape index (κ2) is 13.1. The summed E-state index contributed by atoms with van der Waals surface area (Å²) in [6.07, 6.45) is 12.2. The summed E-state index contributed by atoms with van der Waals surface area (Å²) >= 11 is 0. The molecule has 39 heavy (non-hydrogen) atoms. The Morgan fingerprint density at radius 3 is 2.51 bits per heavy atom. The number of unbranched alkanes of at least 4 members (excludes halogenated alkanes) is 1. The van der Waals surface area contributed by atoms with Gasteiger partial charge in [0.15, 0.2) is 0 Å². The van der Waals surface area contributed by atoms with E-state index >= 15 is 0 Å². The van der Waals surface area contributed by atoms with Gasteiger partial charge in [-0.05, 0) is 81.6 Å². The predicted octanol–water partition coefficient (Wildman–Crippen LogP) is 6.43. The summed E-state index contributed by atoms with van der Waals surface area (Å²) in [5.41, 5.74) is 6.70. The highest BCUT2D eigenvalue weighted by Gasteiger charge is 2.27. The minimum atomic E-state index is -0.106. The van der Waals surface area contributed by atoms with Crippen LogP contribution in [0.15, 0.2) is 54.7 Å². The summed E-state index contributed by atoms with van der Waals surface area (Å²) in [6, 6.07) is 17.1. The first-order valence-electron chi connectivity index (χ1n) is 14.6. The standard InChI is InChI=1S/C32H42N6O/c1-38(2)20-10-9-19-33-31-34-22-24-21-29(27-13-7-8-14-28(27)30(24)37-31)23-15-17-26(18-16-23)36-32(39)35-25-11-5-3-4-6-12-25/h7-8,13-18,22,25,29H,3-6,9-12,19-21H2,1-2H3,(H,33,34,37)(H2,35,36,39). The van der Waals surface area contributed by atoms with Gasteiger partial charge in [-0.25, -0.2) is 14.8 Å². The number of nitrogens with zero attached hydrogens (tertiary/aromatic N) is 3. The number of benzene rings is 2. The van der Waals surface area contributed by atoms with Crippen molar-refractivity contribution >= 4 is 17.7 Å². The number of hydrogen-bond acceptors (Lipinski definition) is 5. The van der Waals surface area contributed by atoms with Gasteiger partial charge in [-0.15, -0.1) is 0 Å². The number of anilines is 2. The van der Waals surface area contributed by atoms with Gasteiger partial charge in [-0.2, -0.15) is 0 Å². The van der Waals surface area contributed by atoms with E-state index in [1.165, 1.54) is 47.9 Å². The van der Waals surface area contributed by atoms with E-state index in [4.69, 9.17) is 4.98 Å². The molecule has 2 amide bonds. The van der Waals surface area contributed by atoms with Crippen molar-refractivity contribution in [3.63, 3.8) is 0 Å². The molecule has 3 aromatic rings. The number of fused-ring (bicyclic) bond motifs is 3. The number of rotatable bonds is 9. The lowest BCUT2D eigenvalue weighted by Crippen LogP contribution is -2.37. The van der Waals surface area contributed by atoms with Gasteiger partial charge < -0.3 is 20.9 Å². The molecular weight excluding hydrogens is 484 g/mol. The molecule has 5 rings (SSSR count). The van der Waals surface area contributed by atoms with E-state index in [0.29, 0.717) is 5.95 Å². The van der Waals surface area contributed by atoms with E-state index in [2.05, 4.69) is 76.3 Å². The SMILES string of the molecule is CN(C)CCCCNc1ncc2c(n1)-c1ccccc1C(c1ccc(NC(=O)NC3CCCCCC3)cc1)C2. The highest BCUT2D eigenvalue weighted by atomic mass is 16.2. The zero-order chi connectivity index (χ0) is 27.0. The first-order chi connectivity index (χ1) is 19.1. The van der Waals surface area contributed by atoms with Gasteiger partial charge in [0, 0.05) is 36.0 Å². The molecule has 0 radical (unpaired) electrons. The third-order valence-electron chi connectivity index (χ3n) is 7.96. The molecule has 0 bridgehead atoms. The maximum absolute atomic E-state index is 12.6. The maximum atomic E-state index is 12.6. The van der Waals surface area contributed by atoms with Crippen molar-refractivity contribution in [1.82, 2.24) is 20.2 Å². The highest BCUT2D eigenvalue weighted by molar-refractivity contribution is 5.89. The monoisotopic (exact) mass is 526 g/mol. The summed E-state index contributed by atoms with van der Waals surface area (Å²) < 4.78 is 0. The molecule has 206 valence electrons. The van der Waals surface area contributed by atoms with Crippen molar-refractivity contribution < 1.29 is 4.79 Å². The topological polar surface area (TPSA) is 82.2 Å². The molecule has 1 heterocycles. The van der Waals surface area contributed by atoms with Crippen molar-refractivity contribution in [3.05, 3.63) is 71.4 Å². The minimum absolute atomic E-state index is 0.106. The Bertz CT molecular complexity index is 1230. The van der Waals surface area contributed by atoms with Crippen LogP contribution in [0, 0.1) is 0 Å². The van der Waals surface area contributed by atoms with Crippen molar-refractivity contribution in [2.24, 2.45) is 0 Å². The normalized spacial score (nSPS) is 17.2. The van der Waals surface area contributed by atoms with Gasteiger partial charge >= 0.3 is 6.03 Å². The molecule has 7 nitrogen and oxygen atoms in total. The van der Waals surface area contributed by atoms with Crippen molar-refractivity contribution in [2.75, 3.05) is 37.8 Å². The van der Waals surface area contributed by atoms with Crippen LogP contribution in [0.4, 0.5) is 16.4 Å². The molecule has 0 aliphatic heterocycles. The van der Waals surface area contributed by atoms with Gasteiger partial charge in [-0.1, -0.05) is 62.1 Å². The Morgan fingerprint density at radius 2 is 1.74 bits per heavy atom. The fraction of sp³-hybridized carbons (Fsp3) is 0.469. The van der Waals surface area contributed by atoms with Crippen LogP contribution in [-0.4, -0.2) is 54.1 Å². The second-order valence-electron chi connectivity index (χ2n) is 11.3. The van der Waals surface area contributed by atoms with Crippen LogP contribution in [-0.2, 0) is 6.42 Å². The Labute approximate surface area is 232 Å². The molecular formula is C32H42N6O. The molecule has 2 aliphatic rings. The number of hydrogen-bond donors (Lipinski definition) is 3. The van der Waals surface area contributed by atoms with Gasteiger partial charge in [0.25, 0.3) is 0 Å². The molecule has 0 spiro atoms. The lowest BCUT2D eigenvalue weighted by molar-refractivity contribution is 0.247. The fourth-order valence-electron chi connectivity index (χ4n) is 5.85. The first-order valence-corrected chi connectivity index (χ1v) is 14.6. The number of carbonyl (C=O) groups is 1. The Balaban J connectivity index is 1.25. The molecule has 1 aromatic heterocycles. The van der Waals surface area contributed by atoms with Crippen LogP contribution in [0.3, 0.4) is 0 Å². The number of urea groups is 1. The molecule has 1 saturated carbocycles. The highest BCUT2D eigenvalue weighted by Crippen LogP contribution is 2.42. The molecule has 3 N–H and O–H groups in total. The summed E-state index contributed by atoms with van der Waals surface area (Å²) in [7, 11) is 4.21. The zero-order valence-electron chi connectivity index (χ0n) is 23.4. The smallest absolute Gasteiger partial charge is 0.319 e. The van der Waals surface area contributed by atoms with Crippen LogP contribution >= 0.6 is 0 Å². The van der Waals surface area contributed by atoms with E-state index in [9.17, 15) is 4.79 Å². The lowest BCUT2D eigenvalue weighted by atomic mass is 9.78. The summed E-state index contributed by atoms with van der Waals surface area (Å²) in [5.74, 6) is 0.917. The Kier molecular flexibility index (Phi) is 9.09. The third-order valence-corrected chi connectivity index (χ3v) is 7.96. The summed E-state index contributed by atoms with van der Waals surface area (Å²) in [6.45, 7) is 1.96. The van der Waals surface area contributed by atoms with E-state index in [1.54, 1.807) is 0 Å². The summed E-state index contributed by atoms with van der Waals surface area (Å²) in [4.78, 5) is 24.4. The van der Waals surface area contributed by atoms with Gasteiger partial charge in [0.2, 0.25) is 5.95 Å². The quantitative estimate of drug-likeness (QED) is 0.221. The average molecular weight is 527 g/mol. The zero-order valence-corrected chi connectivity index (χ0v) is 23.4. The van der Waals surface area contributed by atoms with Gasteiger partial charge in [0.1, 0.15) is 0 Å². The molecule has 1 atom stereocenters. The van der Waals surface area contributed by atoms with Gasteiger partial charge in [0.05, 0.1) is 5.69 Å². The molecule has 2 aliphatic carbocycles. The number of carbonyl (C=O) groups excluding carboxylic acids is 1. The number of amides is 2. The number of aromatic nitrogens is 2. The fourth-order valence-corrected chi connectivity index (χ4v) is 5.85. The Hall–Kier alpha value is -3.45. The molecule has 2 aromatic carbocycles. The predicted molar refractivity (Wildman–Crippen MR) is 159 cm³/mol. The molecule has 7 heteroatoms. The van der Waals surface area contributed by atoms with Crippen LogP contribution in [0.1, 0.15) is 74.0 Å². The lowest BCUT2D eigenvalue weighted by Gasteiger charge is -2.27. The third kappa shape index (κ3) is 7.15. The largest absolute Gasteiger partial charge is 0.354 e. The van der Waals surface area contributed by atoms with E-state index in [0.717, 1.165) is 56.6 Å². The summed E-state index contributed by atoms with van der Waals surface area (Å²) in [5, 5.41) is 9.61. The van der Waals surface area contributed by atoms with Crippen LogP contribution in [0.5, 0.6) is 0 Å². The second-order valence-corrected chi connectivity index (χ2v) is 11.3. The van der Waals surface area contributed by atoms with Crippen molar-refractivity contribution in [2.45, 2.75) is 69.7 Å². The van der Waals surface area contributed by atoms with Gasteiger partial charge in [-0.3, -0.25) is 0 Å². The van der Waals surface area contributed by atoms with E-state index in [1.807, 2.05) is 18.3 Å². The van der Waals surface area contributed by atoms with E-state index < -0.39 is 0 Å². The average Bonchev–Trinajstić information content (AvgIpc) is 3.21. The van der Waals surface area contributed by atoms with Crippen LogP contribution in [0.25, 0.3) is 11.3 Å². The van der Waals surface area contributed by atoms with Crippen LogP contribution < -0.4 is 16.0 Å². The minimum Gasteiger partial charge on any atom is -0.354 e. The van der Waals surface area contributed by atoms with Crippen molar-refractivity contribution in [3.8, 4) is 11.3 Å². The molecule has 1 fully saturated rings. The number of nitrogens with one attached hydrogen (secondary N) is 3. The maximum Gasteiger partial charge on any atom is 0.319 e. The Morgan fingerprint density at radius 1 is 0.974 bits per heavy atom. The van der Waals surface area contributed by atoms with Crippen LogP contribution in [0.2, 0.25) is 0 Å². The molecule has 0 saturated heterocycles. The van der Waals surface area contributed by atoms with Crippen molar-refractivity contribution in [1.29, 1.82) is 0 Å². The first kappa shape index (κ1) is 27.1. The molecule has 1 unspecified atom stereocenters.